The van der Waals surface area contributed by atoms with Crippen LogP contribution in [0.4, 0.5) is 5.69 Å². The van der Waals surface area contributed by atoms with Crippen LogP contribution in [0.15, 0.2) is 54.6 Å². The molecule has 0 aliphatic heterocycles. The Morgan fingerprint density at radius 3 is 2.62 bits per heavy atom. The number of halogens is 1. The summed E-state index contributed by atoms with van der Waals surface area (Å²) in [5.41, 5.74) is 2.30. The van der Waals surface area contributed by atoms with Gasteiger partial charge in [0.1, 0.15) is 0 Å². The van der Waals surface area contributed by atoms with E-state index in [1.54, 1.807) is 0 Å². The van der Waals surface area contributed by atoms with E-state index >= 15 is 0 Å². The summed E-state index contributed by atoms with van der Waals surface area (Å²) < 4.78 is 0. The molecule has 2 aromatic carbocycles. The van der Waals surface area contributed by atoms with E-state index in [-0.39, 0.29) is 17.7 Å². The fraction of sp³-hybridized carbons (Fsp3) is 0.350. The van der Waals surface area contributed by atoms with Crippen molar-refractivity contribution in [1.29, 1.82) is 0 Å². The second-order valence-electron chi connectivity index (χ2n) is 6.37. The third-order valence-electron chi connectivity index (χ3n) is 4.60. The van der Waals surface area contributed by atoms with Crippen LogP contribution in [0.2, 0.25) is 5.02 Å². The molecule has 0 aromatic heterocycles. The standard InChI is InChI=1S/C20H23ClN2O/c1-23(15-8-3-2-4-9-15)13-7-12-22-20(24)18-14-17(18)16-10-5-6-11-19(16)21/h2-6,8-11,17-18H,7,12-14H2,1H3,(H,22,24). The second-order valence-corrected chi connectivity index (χ2v) is 6.78. The Balaban J connectivity index is 1.39. The number of carbonyl (C=O) groups is 1. The molecule has 1 aliphatic carbocycles. The van der Waals surface area contributed by atoms with Gasteiger partial charge in [-0.25, -0.2) is 0 Å². The Morgan fingerprint density at radius 2 is 1.88 bits per heavy atom. The molecule has 0 radical (unpaired) electrons. The second kappa shape index (κ2) is 7.71. The van der Waals surface area contributed by atoms with Crippen LogP contribution in [0.5, 0.6) is 0 Å². The highest BCUT2D eigenvalue weighted by Crippen LogP contribution is 2.49. The molecule has 3 nitrogen and oxygen atoms in total. The van der Waals surface area contributed by atoms with Crippen LogP contribution in [0.1, 0.15) is 24.3 Å². The van der Waals surface area contributed by atoms with Crippen molar-refractivity contribution in [1.82, 2.24) is 5.32 Å². The Bertz CT molecular complexity index is 689. The average Bonchev–Trinajstić information content (AvgIpc) is 3.40. The summed E-state index contributed by atoms with van der Waals surface area (Å²) in [6, 6.07) is 18.1. The Morgan fingerprint density at radius 1 is 1.17 bits per heavy atom. The summed E-state index contributed by atoms with van der Waals surface area (Å²) in [7, 11) is 2.07. The maximum Gasteiger partial charge on any atom is 0.223 e. The molecule has 1 amide bonds. The Kier molecular flexibility index (Phi) is 5.41. The van der Waals surface area contributed by atoms with Gasteiger partial charge in [-0.05, 0) is 42.5 Å². The molecule has 2 atom stereocenters. The van der Waals surface area contributed by atoms with Crippen molar-refractivity contribution >= 4 is 23.2 Å². The molecule has 0 spiro atoms. The van der Waals surface area contributed by atoms with E-state index in [1.807, 2.05) is 42.5 Å². The number of para-hydroxylation sites is 1. The number of carbonyl (C=O) groups excluding carboxylic acids is 1. The molecule has 1 fully saturated rings. The fourth-order valence-corrected chi connectivity index (χ4v) is 3.35. The van der Waals surface area contributed by atoms with E-state index in [1.165, 1.54) is 5.69 Å². The van der Waals surface area contributed by atoms with Crippen molar-refractivity contribution in [3.63, 3.8) is 0 Å². The van der Waals surface area contributed by atoms with Crippen molar-refractivity contribution < 1.29 is 4.79 Å². The molecule has 0 bridgehead atoms. The highest BCUT2D eigenvalue weighted by Gasteiger charge is 2.44. The summed E-state index contributed by atoms with van der Waals surface area (Å²) in [6.07, 6.45) is 1.83. The molecule has 1 saturated carbocycles. The molecular formula is C20H23ClN2O. The number of hydrogen-bond donors (Lipinski definition) is 1. The summed E-state index contributed by atoms with van der Waals surface area (Å²) in [6.45, 7) is 1.63. The first-order valence-electron chi connectivity index (χ1n) is 8.45. The quantitative estimate of drug-likeness (QED) is 0.769. The highest BCUT2D eigenvalue weighted by atomic mass is 35.5. The topological polar surface area (TPSA) is 32.3 Å². The van der Waals surface area contributed by atoms with Gasteiger partial charge in [0, 0.05) is 36.8 Å². The Hall–Kier alpha value is -2.00. The lowest BCUT2D eigenvalue weighted by Gasteiger charge is -2.19. The number of amides is 1. The van der Waals surface area contributed by atoms with Gasteiger partial charge in [-0.3, -0.25) is 4.79 Å². The lowest BCUT2D eigenvalue weighted by molar-refractivity contribution is -0.122. The van der Waals surface area contributed by atoms with Crippen LogP contribution in [-0.2, 0) is 4.79 Å². The van der Waals surface area contributed by atoms with Gasteiger partial charge in [0.25, 0.3) is 0 Å². The van der Waals surface area contributed by atoms with E-state index in [9.17, 15) is 4.79 Å². The van der Waals surface area contributed by atoms with Crippen LogP contribution >= 0.6 is 11.6 Å². The van der Waals surface area contributed by atoms with Gasteiger partial charge in [-0.15, -0.1) is 0 Å². The SMILES string of the molecule is CN(CCCNC(=O)C1CC1c1ccccc1Cl)c1ccccc1. The Labute approximate surface area is 148 Å². The van der Waals surface area contributed by atoms with E-state index < -0.39 is 0 Å². The van der Waals surface area contributed by atoms with Gasteiger partial charge in [0.2, 0.25) is 5.91 Å². The summed E-state index contributed by atoms with van der Waals surface area (Å²) in [5.74, 6) is 0.518. The number of anilines is 1. The maximum atomic E-state index is 12.2. The molecule has 0 heterocycles. The van der Waals surface area contributed by atoms with E-state index in [2.05, 4.69) is 29.4 Å². The molecule has 1 N–H and O–H groups in total. The smallest absolute Gasteiger partial charge is 0.223 e. The largest absolute Gasteiger partial charge is 0.375 e. The first kappa shape index (κ1) is 16.8. The first-order valence-corrected chi connectivity index (χ1v) is 8.83. The van der Waals surface area contributed by atoms with E-state index in [0.717, 1.165) is 30.0 Å². The minimum Gasteiger partial charge on any atom is -0.375 e. The molecule has 126 valence electrons. The van der Waals surface area contributed by atoms with Crippen molar-refractivity contribution in [2.24, 2.45) is 5.92 Å². The average molecular weight is 343 g/mol. The molecule has 3 rings (SSSR count). The van der Waals surface area contributed by atoms with Crippen LogP contribution in [0, 0.1) is 5.92 Å². The molecular weight excluding hydrogens is 320 g/mol. The lowest BCUT2D eigenvalue weighted by atomic mass is 10.1. The molecule has 2 unspecified atom stereocenters. The number of nitrogens with one attached hydrogen (secondary N) is 1. The minimum atomic E-state index is 0.0803. The number of rotatable bonds is 7. The zero-order chi connectivity index (χ0) is 16.9. The van der Waals surface area contributed by atoms with Crippen LogP contribution in [-0.4, -0.2) is 26.0 Å². The third-order valence-corrected chi connectivity index (χ3v) is 4.94. The van der Waals surface area contributed by atoms with Gasteiger partial charge in [0.05, 0.1) is 0 Å². The fourth-order valence-electron chi connectivity index (χ4n) is 3.07. The van der Waals surface area contributed by atoms with Gasteiger partial charge in [-0.1, -0.05) is 48.0 Å². The highest BCUT2D eigenvalue weighted by molar-refractivity contribution is 6.31. The van der Waals surface area contributed by atoms with Crippen molar-refractivity contribution in [2.45, 2.75) is 18.8 Å². The first-order chi connectivity index (χ1) is 11.7. The molecule has 1 aliphatic rings. The van der Waals surface area contributed by atoms with Crippen LogP contribution < -0.4 is 10.2 Å². The van der Waals surface area contributed by atoms with Crippen LogP contribution in [0.3, 0.4) is 0 Å². The van der Waals surface area contributed by atoms with Crippen molar-refractivity contribution in [2.75, 3.05) is 25.0 Å². The number of nitrogens with zero attached hydrogens (tertiary/aromatic N) is 1. The van der Waals surface area contributed by atoms with E-state index in [4.69, 9.17) is 11.6 Å². The summed E-state index contributed by atoms with van der Waals surface area (Å²) >= 11 is 6.21. The molecule has 4 heteroatoms. The maximum absolute atomic E-state index is 12.2. The van der Waals surface area contributed by atoms with Gasteiger partial charge in [-0.2, -0.15) is 0 Å². The lowest BCUT2D eigenvalue weighted by Crippen LogP contribution is -2.29. The molecule has 2 aromatic rings. The molecule has 24 heavy (non-hydrogen) atoms. The van der Waals surface area contributed by atoms with Crippen LogP contribution in [0.25, 0.3) is 0 Å². The predicted molar refractivity (Wildman–Crippen MR) is 99.6 cm³/mol. The normalized spacial score (nSPS) is 18.9. The predicted octanol–water partition coefficient (Wildman–Crippen LogP) is 4.09. The van der Waals surface area contributed by atoms with Crippen molar-refractivity contribution in [3.8, 4) is 0 Å². The number of benzene rings is 2. The summed E-state index contributed by atoms with van der Waals surface area (Å²) in [5, 5.41) is 3.83. The van der Waals surface area contributed by atoms with E-state index in [0.29, 0.717) is 6.54 Å². The summed E-state index contributed by atoms with van der Waals surface area (Å²) in [4.78, 5) is 14.5. The monoisotopic (exact) mass is 342 g/mol. The zero-order valence-electron chi connectivity index (χ0n) is 13.9. The van der Waals surface area contributed by atoms with Gasteiger partial charge in [0.15, 0.2) is 0 Å². The van der Waals surface area contributed by atoms with Gasteiger partial charge < -0.3 is 10.2 Å². The van der Waals surface area contributed by atoms with Crippen molar-refractivity contribution in [3.05, 3.63) is 65.2 Å². The zero-order valence-corrected chi connectivity index (χ0v) is 14.7. The number of hydrogen-bond acceptors (Lipinski definition) is 2. The van der Waals surface area contributed by atoms with Gasteiger partial charge >= 0.3 is 0 Å². The molecule has 0 saturated heterocycles. The minimum absolute atomic E-state index is 0.0803. The third kappa shape index (κ3) is 4.09.